The lowest BCUT2D eigenvalue weighted by molar-refractivity contribution is -0.363. The average molecular weight is 817 g/mol. The Kier molecular flexibility index (Phi) is 13.0. The van der Waals surface area contributed by atoms with Gasteiger partial charge >= 0.3 is 17.9 Å². The van der Waals surface area contributed by atoms with Crippen LogP contribution in [0.2, 0.25) is 36.3 Å². The predicted octanol–water partition coefficient (Wildman–Crippen LogP) is 7.50. The van der Waals surface area contributed by atoms with Gasteiger partial charge in [-0.2, -0.15) is 0 Å². The van der Waals surface area contributed by atoms with Gasteiger partial charge in [0, 0.05) is 37.5 Å². The average Bonchev–Trinajstić information content (AvgIpc) is 3.16. The number of carbonyl (C=O) groups is 3. The van der Waals surface area contributed by atoms with Crippen LogP contribution < -0.4 is 0 Å². The van der Waals surface area contributed by atoms with Crippen molar-refractivity contribution < 1.29 is 52.4 Å². The summed E-state index contributed by atoms with van der Waals surface area (Å²) in [5, 5.41) is 27.4. The first-order chi connectivity index (χ1) is 26.3. The highest BCUT2D eigenvalue weighted by molar-refractivity contribution is 6.74. The minimum absolute atomic E-state index is 0.0387. The third kappa shape index (κ3) is 7.08. The van der Waals surface area contributed by atoms with Gasteiger partial charge in [-0.1, -0.05) is 80.5 Å². The topological polar surface area (TPSA) is 147 Å². The van der Waals surface area contributed by atoms with Gasteiger partial charge in [0.15, 0.2) is 28.3 Å². The quantitative estimate of drug-likeness (QED) is 0.0833. The van der Waals surface area contributed by atoms with Crippen molar-refractivity contribution in [3.63, 3.8) is 0 Å². The zero-order valence-corrected chi connectivity index (χ0v) is 37.9. The second-order valence-corrected chi connectivity index (χ2v) is 27.1. The van der Waals surface area contributed by atoms with Crippen molar-refractivity contribution in [2.45, 2.75) is 180 Å². The molecule has 1 aliphatic heterocycles. The Morgan fingerprint density at radius 1 is 0.839 bits per heavy atom. The first-order valence-electron chi connectivity index (χ1n) is 21.0. The normalized spacial score (nSPS) is 35.2. The highest BCUT2D eigenvalue weighted by Gasteiger charge is 2.78. The van der Waals surface area contributed by atoms with Crippen molar-refractivity contribution in [2.75, 3.05) is 6.61 Å². The van der Waals surface area contributed by atoms with E-state index in [1.165, 1.54) is 13.8 Å². The van der Waals surface area contributed by atoms with Gasteiger partial charge in [0.25, 0.3) is 0 Å². The van der Waals surface area contributed by atoms with Crippen LogP contribution >= 0.6 is 0 Å². The molecule has 0 spiro atoms. The molecule has 56 heavy (non-hydrogen) atoms. The van der Waals surface area contributed by atoms with E-state index in [9.17, 15) is 24.6 Å². The summed E-state index contributed by atoms with van der Waals surface area (Å²) in [7, 11) is -4.81. The molecule has 1 heterocycles. The number of hydrogen-bond acceptors (Lipinski definition) is 11. The summed E-state index contributed by atoms with van der Waals surface area (Å²) in [6.45, 7) is 22.9. The second-order valence-electron chi connectivity index (χ2n) is 17.6. The maximum Gasteiger partial charge on any atom is 0.338 e. The zero-order chi connectivity index (χ0) is 41.6. The molecule has 1 aromatic rings. The molecule has 1 unspecified atom stereocenters. The lowest BCUT2D eigenvalue weighted by Gasteiger charge is -2.70. The highest BCUT2D eigenvalue weighted by atomic mass is 28.4. The van der Waals surface area contributed by atoms with Crippen LogP contribution in [0, 0.1) is 16.7 Å². The van der Waals surface area contributed by atoms with Gasteiger partial charge < -0.3 is 38.0 Å². The number of fused-ring (bicyclic) bond motifs is 5. The van der Waals surface area contributed by atoms with Crippen molar-refractivity contribution in [3.8, 4) is 0 Å². The molecule has 1 saturated heterocycles. The zero-order valence-electron chi connectivity index (χ0n) is 35.9. The van der Waals surface area contributed by atoms with Gasteiger partial charge in [-0.15, -0.1) is 0 Å². The fourth-order valence-electron chi connectivity index (χ4n) is 11.0. The van der Waals surface area contributed by atoms with E-state index >= 15 is 0 Å². The summed E-state index contributed by atoms with van der Waals surface area (Å²) < 4.78 is 40.4. The number of ether oxygens (including phenoxy) is 4. The Labute approximate surface area is 336 Å². The molecule has 0 radical (unpaired) electrons. The van der Waals surface area contributed by atoms with Crippen molar-refractivity contribution >= 4 is 34.5 Å². The number of hydrogen-bond donors (Lipinski definition) is 2. The third-order valence-electron chi connectivity index (χ3n) is 15.0. The van der Waals surface area contributed by atoms with Crippen LogP contribution in [-0.2, 0) is 37.4 Å². The molecule has 2 bridgehead atoms. The number of esters is 3. The van der Waals surface area contributed by atoms with E-state index < -0.39 is 99.1 Å². The van der Waals surface area contributed by atoms with E-state index in [0.717, 1.165) is 41.8 Å². The molecule has 10 atom stereocenters. The van der Waals surface area contributed by atoms with E-state index in [0.29, 0.717) is 5.57 Å². The smallest absolute Gasteiger partial charge is 0.338 e. The molecule has 11 nitrogen and oxygen atoms in total. The van der Waals surface area contributed by atoms with E-state index in [4.69, 9.17) is 27.8 Å². The maximum atomic E-state index is 14.5. The highest BCUT2D eigenvalue weighted by Crippen LogP contribution is 2.66. The van der Waals surface area contributed by atoms with Crippen molar-refractivity contribution in [3.05, 3.63) is 47.0 Å². The molecule has 314 valence electrons. The Bertz CT molecular complexity index is 1620. The summed E-state index contributed by atoms with van der Waals surface area (Å²) in [6.07, 6.45) is -5.88. The van der Waals surface area contributed by atoms with Crippen LogP contribution in [0.3, 0.4) is 0 Å². The standard InChI is InChI=1S/C43H68O11Si2/c1-13-55(14-2,15-3)53-31-25-43(48)38(51-39(47)30-22-20-19-21-23-30)36-41(12,37(46)35(50-28(8)44)34(27(31)7)40(43,10)11)32(54-56(16-4,17-5)18-6)24-33-42(36,26-49-33)52-29(9)45/h19-23,31-33,35-38,46,48H,13-18,24-26H2,1-12H3/t31-,32?,33+,35-,36-,37-,38-,41+,42-,43+/m0/s1. The molecule has 5 rings (SSSR count). The minimum atomic E-state index is -2.45. The van der Waals surface area contributed by atoms with Gasteiger partial charge in [0.05, 0.1) is 30.3 Å². The minimum Gasteiger partial charge on any atom is -0.455 e. The number of aliphatic hydroxyl groups excluding tert-OH is 1. The van der Waals surface area contributed by atoms with E-state index in [2.05, 4.69) is 41.5 Å². The van der Waals surface area contributed by atoms with Gasteiger partial charge in [-0.3, -0.25) is 9.59 Å². The Morgan fingerprint density at radius 2 is 1.39 bits per heavy atom. The van der Waals surface area contributed by atoms with Crippen LogP contribution in [0.15, 0.2) is 41.5 Å². The second kappa shape index (κ2) is 16.3. The number of aliphatic hydroxyl groups is 2. The number of rotatable bonds is 14. The predicted molar refractivity (Wildman–Crippen MR) is 218 cm³/mol. The van der Waals surface area contributed by atoms with Crippen molar-refractivity contribution in [1.82, 2.24) is 0 Å². The molecule has 0 amide bonds. The number of carbonyl (C=O) groups excluding carboxylic acids is 3. The Morgan fingerprint density at radius 3 is 1.88 bits per heavy atom. The van der Waals surface area contributed by atoms with Gasteiger partial charge in [0.1, 0.15) is 23.9 Å². The Hall–Kier alpha value is -2.40. The summed E-state index contributed by atoms with van der Waals surface area (Å²) in [6, 6.07) is 13.6. The molecule has 2 saturated carbocycles. The van der Waals surface area contributed by atoms with Crippen LogP contribution in [0.4, 0.5) is 0 Å². The monoisotopic (exact) mass is 816 g/mol. The lowest BCUT2D eigenvalue weighted by Crippen LogP contribution is -2.83. The molecule has 2 N–H and O–H groups in total. The van der Waals surface area contributed by atoms with Gasteiger partial charge in [-0.25, -0.2) is 4.79 Å². The van der Waals surface area contributed by atoms with Crippen LogP contribution in [0.5, 0.6) is 0 Å². The molecule has 1 aromatic carbocycles. The van der Waals surface area contributed by atoms with Gasteiger partial charge in [0.2, 0.25) is 0 Å². The first kappa shape index (κ1) is 44.7. The SMILES string of the molecule is CC[Si](CC)(CC)OC1C[C@H]2OC[C@@]2(OC(C)=O)[C@H]2[C@H](OC(=O)c3ccccc3)[C@]3(O)C[C@H](O[Si](CC)(CC)CC)C(C)=C([C@H](OC(C)=O)[C@H](O)[C@]12C)C3(C)C. The van der Waals surface area contributed by atoms with Crippen LogP contribution in [-0.4, -0.2) is 99.2 Å². The summed E-state index contributed by atoms with van der Waals surface area (Å²) in [4.78, 5) is 41.0. The maximum absolute atomic E-state index is 14.5. The van der Waals surface area contributed by atoms with Gasteiger partial charge in [-0.05, 0) is 66.5 Å². The third-order valence-corrected chi connectivity index (χ3v) is 24.3. The molecular weight excluding hydrogens is 749 g/mol. The molecular formula is C43H68O11Si2. The van der Waals surface area contributed by atoms with Crippen LogP contribution in [0.1, 0.15) is 106 Å². The molecule has 3 aliphatic carbocycles. The summed E-state index contributed by atoms with van der Waals surface area (Å²) >= 11 is 0. The molecule has 0 aromatic heterocycles. The summed E-state index contributed by atoms with van der Waals surface area (Å²) in [5.41, 5.74) is -4.49. The number of benzene rings is 1. The molecule has 3 fully saturated rings. The van der Waals surface area contributed by atoms with E-state index in [1.54, 1.807) is 30.3 Å². The first-order valence-corrected chi connectivity index (χ1v) is 26.0. The van der Waals surface area contributed by atoms with Crippen molar-refractivity contribution in [1.29, 1.82) is 0 Å². The van der Waals surface area contributed by atoms with E-state index in [1.807, 2.05) is 27.7 Å². The fourth-order valence-corrected chi connectivity index (χ4v) is 16.8. The van der Waals surface area contributed by atoms with Crippen molar-refractivity contribution in [2.24, 2.45) is 16.7 Å². The molecule has 13 heteroatoms. The lowest BCUT2D eigenvalue weighted by atomic mass is 9.44. The largest absolute Gasteiger partial charge is 0.455 e. The van der Waals surface area contributed by atoms with Crippen LogP contribution in [0.25, 0.3) is 0 Å². The van der Waals surface area contributed by atoms with E-state index in [-0.39, 0.29) is 25.0 Å². The Balaban J connectivity index is 1.91. The summed E-state index contributed by atoms with van der Waals surface area (Å²) in [5.74, 6) is -2.94. The fraction of sp³-hybridized carbons (Fsp3) is 0.744. The molecule has 4 aliphatic rings.